The summed E-state index contributed by atoms with van der Waals surface area (Å²) < 4.78 is 37.2. The van der Waals surface area contributed by atoms with Crippen molar-refractivity contribution in [3.05, 3.63) is 120 Å². The largest absolute Gasteiger partial charge is 0.490 e. The van der Waals surface area contributed by atoms with E-state index in [1.807, 2.05) is 78.9 Å². The number of carboxylic acids is 2. The van der Waals surface area contributed by atoms with Gasteiger partial charge in [0.25, 0.3) is 0 Å². The van der Waals surface area contributed by atoms with Crippen molar-refractivity contribution in [1.29, 1.82) is 0 Å². The van der Waals surface area contributed by atoms with Gasteiger partial charge in [0.15, 0.2) is 0 Å². The number of hydrogen-bond acceptors (Lipinski definition) is 6. The number of carboxylic acid groups (broad SMARTS) is 2. The standard InChI is InChI=1S/C35H33N3O6.C2HF3O2/c39-32(18-19-36-35(43)44-22-30-28-12-6-4-10-26(28)27-11-5-7-13-29(27)30)37-21-33(40)38-31(20-34(41)42)25-16-14-24(15-17-25)23-8-2-1-3-9-23;3-2(4,5)1(6)7/h1-17,30-31H,18-22H2,(H,36,43)(H,37,39)(H,38,40)(H,41,42);(H,6,7). The lowest BCUT2D eigenvalue weighted by Gasteiger charge is -2.18. The molecule has 5 rings (SSSR count). The monoisotopic (exact) mass is 705 g/mol. The highest BCUT2D eigenvalue weighted by Crippen LogP contribution is 2.44. The molecule has 1 aliphatic rings. The maximum atomic E-state index is 12.6. The van der Waals surface area contributed by atoms with Crippen molar-refractivity contribution in [2.45, 2.75) is 31.0 Å². The summed E-state index contributed by atoms with van der Waals surface area (Å²) in [6, 6.07) is 32.4. The van der Waals surface area contributed by atoms with Crippen molar-refractivity contribution < 1.29 is 52.1 Å². The van der Waals surface area contributed by atoms with Gasteiger partial charge in [-0.15, -0.1) is 0 Å². The number of aliphatic carboxylic acids is 2. The van der Waals surface area contributed by atoms with Crippen LogP contribution in [0.5, 0.6) is 0 Å². The van der Waals surface area contributed by atoms with Crippen LogP contribution in [0.25, 0.3) is 22.3 Å². The number of alkyl carbamates (subject to hydrolysis) is 1. The van der Waals surface area contributed by atoms with E-state index in [0.29, 0.717) is 5.56 Å². The average Bonchev–Trinajstić information content (AvgIpc) is 3.43. The molecule has 0 fully saturated rings. The zero-order valence-corrected chi connectivity index (χ0v) is 27.0. The molecule has 1 unspecified atom stereocenters. The van der Waals surface area contributed by atoms with Gasteiger partial charge in [-0.1, -0.05) is 103 Å². The second-order valence-electron chi connectivity index (χ2n) is 11.3. The molecule has 0 bridgehead atoms. The minimum atomic E-state index is -5.08. The predicted molar refractivity (Wildman–Crippen MR) is 179 cm³/mol. The molecule has 51 heavy (non-hydrogen) atoms. The first-order chi connectivity index (χ1) is 24.3. The summed E-state index contributed by atoms with van der Waals surface area (Å²) in [7, 11) is 0. The molecule has 14 heteroatoms. The Morgan fingerprint density at radius 2 is 1.24 bits per heavy atom. The molecule has 4 aromatic rings. The van der Waals surface area contributed by atoms with E-state index in [1.165, 1.54) is 0 Å². The van der Waals surface area contributed by atoms with Crippen molar-refractivity contribution in [1.82, 2.24) is 16.0 Å². The van der Waals surface area contributed by atoms with E-state index in [1.54, 1.807) is 12.1 Å². The number of nitrogens with one attached hydrogen (secondary N) is 3. The first-order valence-corrected chi connectivity index (χ1v) is 15.7. The first-order valence-electron chi connectivity index (χ1n) is 15.7. The Morgan fingerprint density at radius 3 is 1.78 bits per heavy atom. The summed E-state index contributed by atoms with van der Waals surface area (Å²) in [6.07, 6.45) is -6.09. The van der Waals surface area contributed by atoms with Gasteiger partial charge in [-0.3, -0.25) is 14.4 Å². The third kappa shape index (κ3) is 10.9. The molecule has 1 atom stereocenters. The number of carbonyl (C=O) groups is 5. The number of carbonyl (C=O) groups excluding carboxylic acids is 3. The fourth-order valence-electron chi connectivity index (χ4n) is 5.41. The number of rotatable bonds is 12. The molecule has 3 amide bonds. The van der Waals surface area contributed by atoms with Gasteiger partial charge in [-0.2, -0.15) is 13.2 Å². The van der Waals surface area contributed by atoms with Crippen LogP contribution < -0.4 is 16.0 Å². The van der Waals surface area contributed by atoms with E-state index in [9.17, 15) is 37.5 Å². The molecule has 266 valence electrons. The van der Waals surface area contributed by atoms with Crippen LogP contribution in [0, 0.1) is 0 Å². The van der Waals surface area contributed by atoms with Crippen LogP contribution >= 0.6 is 0 Å². The number of halogens is 3. The van der Waals surface area contributed by atoms with Crippen molar-refractivity contribution in [3.63, 3.8) is 0 Å². The summed E-state index contributed by atoms with van der Waals surface area (Å²) in [4.78, 5) is 57.6. The Morgan fingerprint density at radius 1 is 0.706 bits per heavy atom. The number of amides is 3. The number of benzene rings is 4. The number of fused-ring (bicyclic) bond motifs is 3. The minimum Gasteiger partial charge on any atom is -0.481 e. The molecule has 0 spiro atoms. The summed E-state index contributed by atoms with van der Waals surface area (Å²) >= 11 is 0. The molecule has 1 aliphatic carbocycles. The van der Waals surface area contributed by atoms with E-state index in [2.05, 4.69) is 28.1 Å². The molecule has 4 aromatic carbocycles. The minimum absolute atomic E-state index is 0.0273. The quantitative estimate of drug-likeness (QED) is 0.126. The highest BCUT2D eigenvalue weighted by atomic mass is 19.4. The second kappa shape index (κ2) is 17.5. The molecule has 5 N–H and O–H groups in total. The number of ether oxygens (including phenoxy) is 1. The first kappa shape index (κ1) is 37.6. The van der Waals surface area contributed by atoms with Crippen LogP contribution in [0.15, 0.2) is 103 Å². The van der Waals surface area contributed by atoms with Gasteiger partial charge >= 0.3 is 24.2 Å². The number of alkyl halides is 3. The fourth-order valence-corrected chi connectivity index (χ4v) is 5.41. The van der Waals surface area contributed by atoms with Crippen LogP contribution in [0.2, 0.25) is 0 Å². The van der Waals surface area contributed by atoms with E-state index in [-0.39, 0.29) is 38.5 Å². The summed E-state index contributed by atoms with van der Waals surface area (Å²) in [6.45, 7) is -0.139. The fraction of sp³-hybridized carbons (Fsp3) is 0.216. The van der Waals surface area contributed by atoms with Gasteiger partial charge in [-0.25, -0.2) is 9.59 Å². The van der Waals surface area contributed by atoms with E-state index in [4.69, 9.17) is 14.6 Å². The molecular formula is C37H34F3N3O8. The Balaban J connectivity index is 0.000000755. The highest BCUT2D eigenvalue weighted by molar-refractivity contribution is 5.85. The molecule has 11 nitrogen and oxygen atoms in total. The van der Waals surface area contributed by atoms with E-state index in [0.717, 1.165) is 33.4 Å². The second-order valence-corrected chi connectivity index (χ2v) is 11.3. The molecular weight excluding hydrogens is 671 g/mol. The summed E-state index contributed by atoms with van der Waals surface area (Å²) in [5, 5.41) is 24.3. The van der Waals surface area contributed by atoms with Gasteiger partial charge in [0.05, 0.1) is 19.0 Å². The molecule has 0 aliphatic heterocycles. The topological polar surface area (TPSA) is 171 Å². The third-order valence-electron chi connectivity index (χ3n) is 7.79. The van der Waals surface area contributed by atoms with Gasteiger partial charge < -0.3 is 30.9 Å². The summed E-state index contributed by atoms with van der Waals surface area (Å²) in [5.41, 5.74) is 7.10. The SMILES string of the molecule is O=C(O)C(F)(F)F.O=C(O)CC(NC(=O)CNC(=O)CCNC(=O)OCC1c2ccccc2-c2ccccc21)c1ccc(-c2ccccc2)cc1. The average molecular weight is 706 g/mol. The maximum Gasteiger partial charge on any atom is 0.490 e. The maximum absolute atomic E-state index is 12.6. The Hall–Kier alpha value is -6.18. The van der Waals surface area contributed by atoms with Crippen LogP contribution in [0.3, 0.4) is 0 Å². The lowest BCUT2D eigenvalue weighted by Crippen LogP contribution is -2.40. The van der Waals surface area contributed by atoms with Gasteiger partial charge in [-0.05, 0) is 38.9 Å². The van der Waals surface area contributed by atoms with E-state index < -0.39 is 42.1 Å². The lowest BCUT2D eigenvalue weighted by atomic mass is 9.98. The Bertz CT molecular complexity index is 1800. The zero-order chi connectivity index (χ0) is 37.0. The van der Waals surface area contributed by atoms with Crippen LogP contribution in [0.4, 0.5) is 18.0 Å². The van der Waals surface area contributed by atoms with Crippen LogP contribution in [-0.4, -0.2) is 65.9 Å². The molecule has 0 saturated carbocycles. The van der Waals surface area contributed by atoms with Gasteiger partial charge in [0.1, 0.15) is 6.61 Å². The van der Waals surface area contributed by atoms with Crippen molar-refractivity contribution >= 4 is 29.8 Å². The predicted octanol–water partition coefficient (Wildman–Crippen LogP) is 5.66. The van der Waals surface area contributed by atoms with Crippen molar-refractivity contribution in [2.75, 3.05) is 19.7 Å². The molecule has 0 aromatic heterocycles. The third-order valence-corrected chi connectivity index (χ3v) is 7.79. The van der Waals surface area contributed by atoms with Crippen LogP contribution in [0.1, 0.15) is 41.5 Å². The Labute approximate surface area is 290 Å². The molecule has 0 radical (unpaired) electrons. The van der Waals surface area contributed by atoms with Crippen molar-refractivity contribution in [2.24, 2.45) is 0 Å². The van der Waals surface area contributed by atoms with Crippen molar-refractivity contribution in [3.8, 4) is 22.3 Å². The zero-order valence-electron chi connectivity index (χ0n) is 27.0. The highest BCUT2D eigenvalue weighted by Gasteiger charge is 2.38. The normalized spacial score (nSPS) is 12.2. The number of hydrogen-bond donors (Lipinski definition) is 5. The smallest absolute Gasteiger partial charge is 0.481 e. The van der Waals surface area contributed by atoms with Crippen LogP contribution in [-0.2, 0) is 23.9 Å². The Kier molecular flexibility index (Phi) is 12.9. The van der Waals surface area contributed by atoms with Gasteiger partial charge in [0, 0.05) is 18.9 Å². The van der Waals surface area contributed by atoms with Gasteiger partial charge in [0.2, 0.25) is 11.8 Å². The molecule has 0 heterocycles. The van der Waals surface area contributed by atoms with E-state index >= 15 is 0 Å². The summed E-state index contributed by atoms with van der Waals surface area (Å²) in [5.74, 6) is -4.86. The molecule has 0 saturated heterocycles. The lowest BCUT2D eigenvalue weighted by molar-refractivity contribution is -0.192.